The Balaban J connectivity index is 2.01. The zero-order valence-corrected chi connectivity index (χ0v) is 11.8. The van der Waals surface area contributed by atoms with Gasteiger partial charge in [0.15, 0.2) is 0 Å². The van der Waals surface area contributed by atoms with Crippen LogP contribution in [0.5, 0.6) is 0 Å². The van der Waals surface area contributed by atoms with Crippen LogP contribution in [0.25, 0.3) is 0 Å². The third-order valence-electron chi connectivity index (χ3n) is 3.34. The summed E-state index contributed by atoms with van der Waals surface area (Å²) >= 11 is 0. The van der Waals surface area contributed by atoms with Crippen molar-refractivity contribution in [2.24, 2.45) is 0 Å². The van der Waals surface area contributed by atoms with Gasteiger partial charge in [0.2, 0.25) is 0 Å². The van der Waals surface area contributed by atoms with Gasteiger partial charge in [-0.15, -0.1) is 0 Å². The zero-order chi connectivity index (χ0) is 15.9. The number of hydrogen-bond donors (Lipinski definition) is 3. The average molecular weight is 303 g/mol. The van der Waals surface area contributed by atoms with Crippen LogP contribution in [-0.2, 0) is 6.54 Å². The van der Waals surface area contributed by atoms with E-state index in [1.54, 1.807) is 12.4 Å². The van der Waals surface area contributed by atoms with E-state index in [0.717, 1.165) is 5.56 Å². The lowest BCUT2D eigenvalue weighted by Gasteiger charge is -2.22. The topological polar surface area (TPSA) is 109 Å². The molecule has 0 fully saturated rings. The highest BCUT2D eigenvalue weighted by Crippen LogP contribution is 2.20. The summed E-state index contributed by atoms with van der Waals surface area (Å²) in [5.41, 5.74) is 1.44. The molecule has 1 heterocycles. The summed E-state index contributed by atoms with van der Waals surface area (Å²) in [5.74, 6) is 0. The third-order valence-corrected chi connectivity index (χ3v) is 3.34. The van der Waals surface area contributed by atoms with Crippen LogP contribution in [-0.4, -0.2) is 32.8 Å². The second kappa shape index (κ2) is 7.60. The molecule has 0 radical (unpaired) electrons. The maximum atomic E-state index is 10.6. The highest BCUT2D eigenvalue weighted by molar-refractivity contribution is 5.34. The van der Waals surface area contributed by atoms with Crippen LogP contribution in [0.4, 0.5) is 5.69 Å². The van der Waals surface area contributed by atoms with Crippen molar-refractivity contribution in [1.82, 2.24) is 10.3 Å². The normalized spacial score (nSPS) is 13.5. The summed E-state index contributed by atoms with van der Waals surface area (Å²) in [7, 11) is 0. The van der Waals surface area contributed by atoms with Gasteiger partial charge in [-0.05, 0) is 35.4 Å². The SMILES string of the molecule is O=[N+]([O-])c1ccc(C(O)C(CO)NCc2ccncc2)cc1. The van der Waals surface area contributed by atoms with E-state index in [4.69, 9.17) is 0 Å². The molecule has 0 aliphatic rings. The minimum Gasteiger partial charge on any atom is -0.395 e. The Hall–Kier alpha value is -2.35. The van der Waals surface area contributed by atoms with Crippen LogP contribution in [0.2, 0.25) is 0 Å². The molecule has 7 heteroatoms. The number of aromatic nitrogens is 1. The molecule has 7 nitrogen and oxygen atoms in total. The van der Waals surface area contributed by atoms with E-state index in [-0.39, 0.29) is 12.3 Å². The van der Waals surface area contributed by atoms with Gasteiger partial charge in [0.1, 0.15) is 0 Å². The molecule has 0 amide bonds. The molecule has 2 unspecified atom stereocenters. The molecule has 0 spiro atoms. The summed E-state index contributed by atoms with van der Waals surface area (Å²) in [5, 5.41) is 33.4. The Morgan fingerprint density at radius 2 is 1.82 bits per heavy atom. The fourth-order valence-corrected chi connectivity index (χ4v) is 2.05. The van der Waals surface area contributed by atoms with Gasteiger partial charge in [-0.2, -0.15) is 0 Å². The van der Waals surface area contributed by atoms with Gasteiger partial charge in [0.25, 0.3) is 5.69 Å². The van der Waals surface area contributed by atoms with E-state index >= 15 is 0 Å². The van der Waals surface area contributed by atoms with E-state index in [1.165, 1.54) is 24.3 Å². The molecule has 2 rings (SSSR count). The molecule has 3 N–H and O–H groups in total. The maximum Gasteiger partial charge on any atom is 0.269 e. The van der Waals surface area contributed by atoms with Crippen molar-refractivity contribution in [2.45, 2.75) is 18.7 Å². The third kappa shape index (κ3) is 4.08. The van der Waals surface area contributed by atoms with Crippen LogP contribution in [0.3, 0.4) is 0 Å². The predicted octanol–water partition coefficient (Wildman–Crippen LogP) is 1.17. The number of nitro benzene ring substituents is 1. The van der Waals surface area contributed by atoms with Gasteiger partial charge in [-0.3, -0.25) is 15.1 Å². The quantitative estimate of drug-likeness (QED) is 0.523. The Labute approximate surface area is 127 Å². The summed E-state index contributed by atoms with van der Waals surface area (Å²) < 4.78 is 0. The minimum absolute atomic E-state index is 0.0405. The van der Waals surface area contributed by atoms with Crippen molar-refractivity contribution in [3.05, 3.63) is 70.0 Å². The number of aliphatic hydroxyl groups is 2. The lowest BCUT2D eigenvalue weighted by atomic mass is 10.0. The summed E-state index contributed by atoms with van der Waals surface area (Å²) in [6.45, 7) is 0.209. The summed E-state index contributed by atoms with van der Waals surface area (Å²) in [6.07, 6.45) is 2.36. The van der Waals surface area contributed by atoms with Crippen molar-refractivity contribution in [3.8, 4) is 0 Å². The molecule has 0 bridgehead atoms. The number of pyridine rings is 1. The second-order valence-corrected chi connectivity index (χ2v) is 4.82. The number of non-ortho nitro benzene ring substituents is 1. The predicted molar refractivity (Wildman–Crippen MR) is 80.0 cm³/mol. The highest BCUT2D eigenvalue weighted by Gasteiger charge is 2.20. The number of nitrogens with one attached hydrogen (secondary N) is 1. The Kier molecular flexibility index (Phi) is 5.54. The van der Waals surface area contributed by atoms with Crippen molar-refractivity contribution in [3.63, 3.8) is 0 Å². The monoisotopic (exact) mass is 303 g/mol. The van der Waals surface area contributed by atoms with Crippen molar-refractivity contribution in [1.29, 1.82) is 0 Å². The fourth-order valence-electron chi connectivity index (χ4n) is 2.05. The first kappa shape index (κ1) is 16.0. The molecule has 0 aliphatic carbocycles. The lowest BCUT2D eigenvalue weighted by molar-refractivity contribution is -0.384. The first-order valence-electron chi connectivity index (χ1n) is 6.77. The summed E-state index contributed by atoms with van der Waals surface area (Å²) in [6, 6.07) is 8.72. The highest BCUT2D eigenvalue weighted by atomic mass is 16.6. The first-order chi connectivity index (χ1) is 10.6. The van der Waals surface area contributed by atoms with Gasteiger partial charge in [0.05, 0.1) is 23.7 Å². The van der Waals surface area contributed by atoms with Gasteiger partial charge >= 0.3 is 0 Å². The van der Waals surface area contributed by atoms with Crippen molar-refractivity contribution >= 4 is 5.69 Å². The molecule has 1 aromatic carbocycles. The molecule has 2 aromatic rings. The molecule has 22 heavy (non-hydrogen) atoms. The standard InChI is InChI=1S/C15H17N3O4/c19-10-14(17-9-11-5-7-16-8-6-11)15(20)12-1-3-13(4-2-12)18(21)22/h1-8,14-15,17,19-20H,9-10H2. The maximum absolute atomic E-state index is 10.6. The smallest absolute Gasteiger partial charge is 0.269 e. The molecular weight excluding hydrogens is 286 g/mol. The molecule has 0 aliphatic heterocycles. The lowest BCUT2D eigenvalue weighted by Crippen LogP contribution is -2.37. The summed E-state index contributed by atoms with van der Waals surface area (Å²) in [4.78, 5) is 14.0. The van der Waals surface area contributed by atoms with Crippen LogP contribution in [0.15, 0.2) is 48.8 Å². The zero-order valence-electron chi connectivity index (χ0n) is 11.8. The largest absolute Gasteiger partial charge is 0.395 e. The van der Waals surface area contributed by atoms with Gasteiger partial charge in [-0.1, -0.05) is 0 Å². The minimum atomic E-state index is -0.965. The van der Waals surface area contributed by atoms with E-state index in [0.29, 0.717) is 12.1 Å². The number of hydrogen-bond acceptors (Lipinski definition) is 6. The Morgan fingerprint density at radius 3 is 2.36 bits per heavy atom. The van der Waals surface area contributed by atoms with Crippen molar-refractivity contribution in [2.75, 3.05) is 6.61 Å². The van der Waals surface area contributed by atoms with Crippen LogP contribution >= 0.6 is 0 Å². The Bertz CT molecular complexity index is 604. The number of rotatable bonds is 7. The molecular formula is C15H17N3O4. The van der Waals surface area contributed by atoms with E-state index in [9.17, 15) is 20.3 Å². The number of benzene rings is 1. The van der Waals surface area contributed by atoms with E-state index in [1.807, 2.05) is 12.1 Å². The molecule has 0 saturated carbocycles. The molecule has 2 atom stereocenters. The van der Waals surface area contributed by atoms with Crippen LogP contribution < -0.4 is 5.32 Å². The second-order valence-electron chi connectivity index (χ2n) is 4.82. The van der Waals surface area contributed by atoms with Crippen LogP contribution in [0, 0.1) is 10.1 Å². The Morgan fingerprint density at radius 1 is 1.18 bits per heavy atom. The molecule has 0 saturated heterocycles. The number of aliphatic hydroxyl groups excluding tert-OH is 2. The number of nitro groups is 1. The van der Waals surface area contributed by atoms with E-state index in [2.05, 4.69) is 10.3 Å². The van der Waals surface area contributed by atoms with Gasteiger partial charge < -0.3 is 15.5 Å². The molecule has 1 aromatic heterocycles. The van der Waals surface area contributed by atoms with Gasteiger partial charge in [0, 0.05) is 31.1 Å². The van der Waals surface area contributed by atoms with Gasteiger partial charge in [-0.25, -0.2) is 0 Å². The first-order valence-corrected chi connectivity index (χ1v) is 6.77. The van der Waals surface area contributed by atoms with Crippen LogP contribution in [0.1, 0.15) is 17.2 Å². The van der Waals surface area contributed by atoms with Crippen molar-refractivity contribution < 1.29 is 15.1 Å². The fraction of sp³-hybridized carbons (Fsp3) is 0.267. The van der Waals surface area contributed by atoms with E-state index < -0.39 is 17.1 Å². The molecule has 116 valence electrons. The average Bonchev–Trinajstić information content (AvgIpc) is 2.56. The number of nitrogens with zero attached hydrogens (tertiary/aromatic N) is 2.